The van der Waals surface area contributed by atoms with Gasteiger partial charge in [0.15, 0.2) is 0 Å². The van der Waals surface area contributed by atoms with Gasteiger partial charge in [-0.15, -0.1) is 6.42 Å². The Balaban J connectivity index is 2.46. The number of ether oxygens (including phenoxy) is 1. The lowest BCUT2D eigenvalue weighted by Crippen LogP contribution is -2.60. The lowest BCUT2D eigenvalue weighted by molar-refractivity contribution is -0.185. The molecule has 19 heavy (non-hydrogen) atoms. The summed E-state index contributed by atoms with van der Waals surface area (Å²) >= 11 is 0. The van der Waals surface area contributed by atoms with Crippen molar-refractivity contribution in [3.05, 3.63) is 0 Å². The molecule has 3 nitrogen and oxygen atoms in total. The van der Waals surface area contributed by atoms with E-state index >= 15 is 0 Å². The zero-order valence-electron chi connectivity index (χ0n) is 12.2. The molecular weight excluding hydrogens is 240 g/mol. The molecule has 0 aliphatic heterocycles. The normalized spacial score (nSPS) is 45.9. The molecule has 1 N–H and O–H groups in total. The monoisotopic (exact) mass is 264 g/mol. The molecule has 0 radical (unpaired) electrons. The van der Waals surface area contributed by atoms with Gasteiger partial charge in [-0.2, -0.15) is 0 Å². The maximum Gasteiger partial charge on any atom is 0.311 e. The minimum Gasteiger partial charge on any atom is -0.469 e. The van der Waals surface area contributed by atoms with Crippen molar-refractivity contribution in [2.24, 2.45) is 16.7 Å². The van der Waals surface area contributed by atoms with Crippen LogP contribution in [0.1, 0.15) is 52.4 Å². The number of hydrogen-bond acceptors (Lipinski definition) is 3. The van der Waals surface area contributed by atoms with Crippen molar-refractivity contribution in [1.82, 2.24) is 0 Å². The highest BCUT2D eigenvalue weighted by atomic mass is 16.5. The summed E-state index contributed by atoms with van der Waals surface area (Å²) < 4.78 is 5.02. The van der Waals surface area contributed by atoms with Crippen molar-refractivity contribution in [2.45, 2.75) is 58.0 Å². The third kappa shape index (κ3) is 1.80. The second-order valence-corrected chi connectivity index (χ2v) is 6.63. The predicted octanol–water partition coefficient (Wildman–Crippen LogP) is 2.52. The second-order valence-electron chi connectivity index (χ2n) is 6.63. The van der Waals surface area contributed by atoms with E-state index in [1.165, 1.54) is 7.11 Å². The average molecular weight is 264 g/mol. The molecule has 0 heterocycles. The Morgan fingerprint density at radius 1 is 1.32 bits per heavy atom. The molecule has 2 aliphatic carbocycles. The van der Waals surface area contributed by atoms with E-state index in [0.717, 1.165) is 32.1 Å². The van der Waals surface area contributed by atoms with Gasteiger partial charge >= 0.3 is 5.97 Å². The Morgan fingerprint density at radius 2 is 2.00 bits per heavy atom. The maximum absolute atomic E-state index is 12.2. The van der Waals surface area contributed by atoms with Gasteiger partial charge in [-0.25, -0.2) is 0 Å². The fraction of sp³-hybridized carbons (Fsp3) is 0.812. The van der Waals surface area contributed by atoms with Crippen LogP contribution in [0, 0.1) is 29.1 Å². The first kappa shape index (κ1) is 14.4. The molecule has 3 heteroatoms. The number of esters is 1. The van der Waals surface area contributed by atoms with Crippen molar-refractivity contribution >= 4 is 5.97 Å². The molecule has 0 amide bonds. The van der Waals surface area contributed by atoms with E-state index in [1.807, 2.05) is 6.92 Å². The Hall–Kier alpha value is -1.01. The van der Waals surface area contributed by atoms with Crippen molar-refractivity contribution in [1.29, 1.82) is 0 Å². The number of carbonyl (C=O) groups excluding carboxylic acids is 1. The van der Waals surface area contributed by atoms with E-state index in [0.29, 0.717) is 6.42 Å². The number of carbonyl (C=O) groups is 1. The molecule has 0 saturated heterocycles. The fourth-order valence-corrected chi connectivity index (χ4v) is 4.57. The van der Waals surface area contributed by atoms with Crippen LogP contribution in [0.3, 0.4) is 0 Å². The van der Waals surface area contributed by atoms with Gasteiger partial charge in [-0.05, 0) is 44.9 Å². The SMILES string of the molecule is C#CC1(O)CCC[C@@H]2[C@](C)(C(=O)OC)CCC[C@]21C. The van der Waals surface area contributed by atoms with Crippen LogP contribution in [0.4, 0.5) is 0 Å². The molecule has 0 bridgehead atoms. The summed E-state index contributed by atoms with van der Waals surface area (Å²) in [5.74, 6) is 2.55. The third-order valence-corrected chi connectivity index (χ3v) is 5.80. The summed E-state index contributed by atoms with van der Waals surface area (Å²) in [5, 5.41) is 10.8. The first-order valence-electron chi connectivity index (χ1n) is 7.13. The van der Waals surface area contributed by atoms with Gasteiger partial charge < -0.3 is 9.84 Å². The molecule has 0 aromatic rings. The first-order chi connectivity index (χ1) is 8.84. The Labute approximate surface area is 115 Å². The second kappa shape index (κ2) is 4.52. The number of methoxy groups -OCH3 is 1. The Morgan fingerprint density at radius 3 is 2.58 bits per heavy atom. The standard InChI is InChI=1S/C16H24O3/c1-5-16(18)11-6-8-12-14(2,13(17)19-4)9-7-10-15(12,16)3/h1,12,18H,6-11H2,2-4H3/t12-,14-,15-,16?/m1/s1. The summed E-state index contributed by atoms with van der Waals surface area (Å²) in [6, 6.07) is 0. The summed E-state index contributed by atoms with van der Waals surface area (Å²) in [5.41, 5.74) is -2.00. The fourth-order valence-electron chi connectivity index (χ4n) is 4.57. The molecule has 4 atom stereocenters. The number of rotatable bonds is 1. The van der Waals surface area contributed by atoms with E-state index in [1.54, 1.807) is 0 Å². The number of aliphatic hydroxyl groups is 1. The number of terminal acetylenes is 1. The first-order valence-corrected chi connectivity index (χ1v) is 7.13. The van der Waals surface area contributed by atoms with Gasteiger partial charge in [0.05, 0.1) is 12.5 Å². The molecular formula is C16H24O3. The van der Waals surface area contributed by atoms with Gasteiger partial charge in [-0.3, -0.25) is 4.79 Å². The smallest absolute Gasteiger partial charge is 0.311 e. The van der Waals surface area contributed by atoms with Crippen LogP contribution in [0.5, 0.6) is 0 Å². The summed E-state index contributed by atoms with van der Waals surface area (Å²) in [6.45, 7) is 4.03. The van der Waals surface area contributed by atoms with Crippen molar-refractivity contribution in [2.75, 3.05) is 7.11 Å². The average Bonchev–Trinajstić information content (AvgIpc) is 2.40. The highest BCUT2D eigenvalue weighted by Gasteiger charge is 2.62. The summed E-state index contributed by atoms with van der Waals surface area (Å²) in [7, 11) is 1.44. The molecule has 2 rings (SSSR count). The third-order valence-electron chi connectivity index (χ3n) is 5.80. The van der Waals surface area contributed by atoms with Gasteiger partial charge in [0.1, 0.15) is 5.60 Å². The minimum absolute atomic E-state index is 0.0935. The molecule has 0 spiro atoms. The quantitative estimate of drug-likeness (QED) is 0.585. The molecule has 1 unspecified atom stereocenters. The Kier molecular flexibility index (Phi) is 3.43. The largest absolute Gasteiger partial charge is 0.469 e. The lowest BCUT2D eigenvalue weighted by atomic mass is 9.46. The molecule has 2 aliphatic rings. The van der Waals surface area contributed by atoms with E-state index in [-0.39, 0.29) is 17.3 Å². The summed E-state index contributed by atoms with van der Waals surface area (Å²) in [4.78, 5) is 12.2. The molecule has 0 aromatic carbocycles. The van der Waals surface area contributed by atoms with Gasteiger partial charge in [0, 0.05) is 5.41 Å². The minimum atomic E-state index is -1.09. The van der Waals surface area contributed by atoms with Gasteiger partial charge in [0.2, 0.25) is 0 Å². The van der Waals surface area contributed by atoms with Gasteiger partial charge in [-0.1, -0.05) is 19.3 Å². The molecule has 2 saturated carbocycles. The van der Waals surface area contributed by atoms with Gasteiger partial charge in [0.25, 0.3) is 0 Å². The topological polar surface area (TPSA) is 46.5 Å². The van der Waals surface area contributed by atoms with E-state index in [9.17, 15) is 9.90 Å². The molecule has 106 valence electrons. The van der Waals surface area contributed by atoms with E-state index in [2.05, 4.69) is 12.8 Å². The zero-order chi connectivity index (χ0) is 14.3. The van der Waals surface area contributed by atoms with Crippen molar-refractivity contribution in [3.63, 3.8) is 0 Å². The van der Waals surface area contributed by atoms with Crippen molar-refractivity contribution < 1.29 is 14.6 Å². The number of hydrogen-bond donors (Lipinski definition) is 1. The molecule has 2 fully saturated rings. The van der Waals surface area contributed by atoms with Crippen LogP contribution >= 0.6 is 0 Å². The van der Waals surface area contributed by atoms with Crippen LogP contribution in [0.2, 0.25) is 0 Å². The maximum atomic E-state index is 12.2. The lowest BCUT2D eigenvalue weighted by Gasteiger charge is -2.58. The van der Waals surface area contributed by atoms with E-state index < -0.39 is 11.0 Å². The van der Waals surface area contributed by atoms with Crippen LogP contribution in [0.15, 0.2) is 0 Å². The number of fused-ring (bicyclic) bond motifs is 1. The van der Waals surface area contributed by atoms with E-state index in [4.69, 9.17) is 11.2 Å². The highest BCUT2D eigenvalue weighted by Crippen LogP contribution is 2.61. The van der Waals surface area contributed by atoms with Crippen molar-refractivity contribution in [3.8, 4) is 12.3 Å². The summed E-state index contributed by atoms with van der Waals surface area (Å²) in [6.07, 6.45) is 10.7. The van der Waals surface area contributed by atoms with Crippen LogP contribution in [0.25, 0.3) is 0 Å². The zero-order valence-corrected chi connectivity index (χ0v) is 12.2. The highest BCUT2D eigenvalue weighted by molar-refractivity contribution is 5.77. The Bertz CT molecular complexity index is 424. The molecule has 0 aromatic heterocycles. The van der Waals surface area contributed by atoms with Crippen LogP contribution in [-0.4, -0.2) is 23.8 Å². The predicted molar refractivity (Wildman–Crippen MR) is 73.2 cm³/mol. The van der Waals surface area contributed by atoms with Crippen LogP contribution in [-0.2, 0) is 9.53 Å². The van der Waals surface area contributed by atoms with Crippen LogP contribution < -0.4 is 0 Å².